The Morgan fingerprint density at radius 3 is 2.71 bits per heavy atom. The lowest BCUT2D eigenvalue weighted by atomic mass is 9.88. The number of fused-ring (bicyclic) bond motifs is 2. The fourth-order valence-corrected chi connectivity index (χ4v) is 7.01. The largest absolute Gasteiger partial charge is 0.462 e. The Balaban J connectivity index is 1.50. The number of rotatable bonds is 5. The number of hydrogen-bond donors (Lipinski definition) is 2. The second-order valence-electron chi connectivity index (χ2n) is 9.59. The summed E-state index contributed by atoms with van der Waals surface area (Å²) < 4.78 is 48.6. The van der Waals surface area contributed by atoms with Gasteiger partial charge in [-0.1, -0.05) is 37.3 Å². The molecule has 0 saturated heterocycles. The molecule has 3 atom stereocenters. The number of halogens is 4. The second-order valence-corrected chi connectivity index (χ2v) is 11.5. The number of aromatic nitrogens is 2. The molecule has 12 heteroatoms. The first kappa shape index (κ1) is 26.7. The van der Waals surface area contributed by atoms with Gasteiger partial charge in [-0.15, -0.1) is 11.3 Å². The number of amides is 1. The topological polar surface area (TPSA) is 85.2 Å². The smallest absolute Gasteiger partial charge is 0.410 e. The Morgan fingerprint density at radius 1 is 1.29 bits per heavy atom. The number of esters is 1. The highest BCUT2D eigenvalue weighted by molar-refractivity contribution is 9.10. The van der Waals surface area contributed by atoms with Crippen molar-refractivity contribution in [3.63, 3.8) is 0 Å². The molecule has 2 N–H and O–H groups in total. The van der Waals surface area contributed by atoms with E-state index < -0.39 is 30.1 Å². The molecule has 0 saturated carbocycles. The van der Waals surface area contributed by atoms with Crippen molar-refractivity contribution in [3.8, 4) is 0 Å². The number of alkyl halides is 3. The third kappa shape index (κ3) is 4.95. The van der Waals surface area contributed by atoms with E-state index in [1.807, 2.05) is 0 Å². The number of anilines is 2. The van der Waals surface area contributed by atoms with Crippen LogP contribution in [0.25, 0.3) is 0 Å². The van der Waals surface area contributed by atoms with Gasteiger partial charge in [0, 0.05) is 11.3 Å². The van der Waals surface area contributed by atoms with Gasteiger partial charge in [0.05, 0.1) is 22.7 Å². The van der Waals surface area contributed by atoms with Gasteiger partial charge in [-0.25, -0.2) is 9.48 Å². The zero-order valence-corrected chi connectivity index (χ0v) is 23.1. The van der Waals surface area contributed by atoms with E-state index >= 15 is 0 Å². The summed E-state index contributed by atoms with van der Waals surface area (Å²) in [7, 11) is 0. The lowest BCUT2D eigenvalue weighted by Crippen LogP contribution is -2.35. The second kappa shape index (κ2) is 10.4. The number of thiophene rings is 1. The Bertz CT molecular complexity index is 1370. The average molecular weight is 611 g/mol. The fourth-order valence-electron chi connectivity index (χ4n) is 5.06. The number of carbonyl (C=O) groups excluding carboxylic acids is 2. The molecule has 1 amide bonds. The molecule has 1 aromatic carbocycles. The number of hydrogen-bond acceptors (Lipinski definition) is 6. The van der Waals surface area contributed by atoms with Crippen molar-refractivity contribution in [2.45, 2.75) is 57.8 Å². The van der Waals surface area contributed by atoms with E-state index in [0.29, 0.717) is 28.5 Å². The summed E-state index contributed by atoms with van der Waals surface area (Å²) in [4.78, 5) is 27.2. The molecule has 3 heterocycles. The highest BCUT2D eigenvalue weighted by atomic mass is 79.9. The lowest BCUT2D eigenvalue weighted by Gasteiger charge is -2.33. The summed E-state index contributed by atoms with van der Waals surface area (Å²) in [5.74, 6) is -0.725. The predicted molar refractivity (Wildman–Crippen MR) is 142 cm³/mol. The van der Waals surface area contributed by atoms with E-state index in [1.165, 1.54) is 11.3 Å². The van der Waals surface area contributed by atoms with E-state index in [0.717, 1.165) is 28.0 Å². The van der Waals surface area contributed by atoms with Crippen molar-refractivity contribution >= 4 is 50.0 Å². The lowest BCUT2D eigenvalue weighted by molar-refractivity contribution is -0.173. The number of benzene rings is 1. The van der Waals surface area contributed by atoms with Crippen LogP contribution in [0.4, 0.5) is 24.0 Å². The predicted octanol–water partition coefficient (Wildman–Crippen LogP) is 6.92. The SMILES string of the molecule is CCOC(=O)c1c(NC(=O)c2nn3c(c2Br)N[C@H](c2ccccc2)C[C@@H]3C(F)(F)F)sc2c1CC[C@@H](C)C2. The third-order valence-electron chi connectivity index (χ3n) is 6.93. The molecule has 202 valence electrons. The molecule has 5 rings (SSSR count). The first-order valence-corrected chi connectivity index (χ1v) is 14.0. The van der Waals surface area contributed by atoms with Crippen LogP contribution in [0, 0.1) is 5.92 Å². The van der Waals surface area contributed by atoms with Gasteiger partial charge in [0.1, 0.15) is 10.8 Å². The van der Waals surface area contributed by atoms with Gasteiger partial charge in [0.15, 0.2) is 11.7 Å². The van der Waals surface area contributed by atoms with Gasteiger partial charge >= 0.3 is 12.1 Å². The number of nitrogens with zero attached hydrogens (tertiary/aromatic N) is 2. The van der Waals surface area contributed by atoms with E-state index in [1.54, 1.807) is 37.3 Å². The maximum Gasteiger partial charge on any atom is 0.410 e. The molecule has 38 heavy (non-hydrogen) atoms. The van der Waals surface area contributed by atoms with Crippen LogP contribution in [-0.4, -0.2) is 34.4 Å². The van der Waals surface area contributed by atoms with Crippen molar-refractivity contribution in [1.82, 2.24) is 9.78 Å². The zero-order valence-electron chi connectivity index (χ0n) is 20.7. The van der Waals surface area contributed by atoms with E-state index in [4.69, 9.17) is 4.74 Å². The van der Waals surface area contributed by atoms with Gasteiger partial charge in [-0.2, -0.15) is 18.3 Å². The Morgan fingerprint density at radius 2 is 2.03 bits per heavy atom. The van der Waals surface area contributed by atoms with Crippen molar-refractivity contribution < 1.29 is 27.5 Å². The zero-order chi connectivity index (χ0) is 27.2. The van der Waals surface area contributed by atoms with E-state index in [9.17, 15) is 22.8 Å². The maximum absolute atomic E-state index is 14.1. The van der Waals surface area contributed by atoms with Crippen molar-refractivity contribution in [3.05, 3.63) is 62.1 Å². The summed E-state index contributed by atoms with van der Waals surface area (Å²) in [5, 5.41) is 10.3. The summed E-state index contributed by atoms with van der Waals surface area (Å²) in [6.45, 7) is 4.01. The molecule has 7 nitrogen and oxygen atoms in total. The monoisotopic (exact) mass is 610 g/mol. The van der Waals surface area contributed by atoms with Gasteiger partial charge in [-0.05, 0) is 59.2 Å². The van der Waals surface area contributed by atoms with E-state index in [2.05, 4.69) is 38.6 Å². The standard InChI is InChI=1S/C26H26BrF3N4O3S/c1-3-37-25(36)19-15-10-9-13(2)11-17(15)38-24(19)32-23(35)21-20(27)22-31-16(14-7-5-4-6-8-14)12-18(26(28,29)30)34(22)33-21/h4-8,13,16,18,31H,3,9-12H2,1-2H3,(H,32,35)/t13-,16+,18-/m1/s1. The van der Waals surface area contributed by atoms with Crippen molar-refractivity contribution in [2.24, 2.45) is 5.92 Å². The molecule has 1 aliphatic heterocycles. The molecular formula is C26H26BrF3N4O3S. The summed E-state index contributed by atoms with van der Waals surface area (Å²) in [6.07, 6.45) is -2.47. The van der Waals surface area contributed by atoms with Crippen LogP contribution < -0.4 is 10.6 Å². The first-order valence-electron chi connectivity index (χ1n) is 12.4. The first-order chi connectivity index (χ1) is 18.1. The molecule has 0 radical (unpaired) electrons. The van der Waals surface area contributed by atoms with Gasteiger partial charge < -0.3 is 15.4 Å². The molecule has 3 aromatic rings. The van der Waals surface area contributed by atoms with Gasteiger partial charge in [0.25, 0.3) is 5.91 Å². The molecule has 2 aromatic heterocycles. The Labute approximate surface area is 229 Å². The quantitative estimate of drug-likeness (QED) is 0.306. The number of ether oxygens (including phenoxy) is 1. The molecule has 0 fully saturated rings. The maximum atomic E-state index is 14.1. The third-order valence-corrected chi connectivity index (χ3v) is 8.85. The van der Waals surface area contributed by atoms with E-state index in [-0.39, 0.29) is 29.0 Å². The molecule has 1 aliphatic carbocycles. The van der Waals surface area contributed by atoms with Crippen LogP contribution in [0.2, 0.25) is 0 Å². The molecule has 2 aliphatic rings. The minimum Gasteiger partial charge on any atom is -0.462 e. The van der Waals surface area contributed by atoms with Crippen molar-refractivity contribution in [1.29, 1.82) is 0 Å². The molecule has 0 unspecified atom stereocenters. The minimum atomic E-state index is -4.58. The van der Waals surface area contributed by atoms with Gasteiger partial charge in [-0.3, -0.25) is 4.79 Å². The molecule has 0 spiro atoms. The number of carbonyl (C=O) groups is 2. The fraction of sp³-hybridized carbons (Fsp3) is 0.423. The van der Waals surface area contributed by atoms with Crippen LogP contribution in [0.3, 0.4) is 0 Å². The van der Waals surface area contributed by atoms with Crippen LogP contribution in [0.5, 0.6) is 0 Å². The van der Waals surface area contributed by atoms with Crippen LogP contribution >= 0.6 is 27.3 Å². The summed E-state index contributed by atoms with van der Waals surface area (Å²) in [6, 6.07) is 6.30. The normalized spacial score (nSPS) is 20.7. The average Bonchev–Trinajstić information content (AvgIpc) is 3.40. The van der Waals surface area contributed by atoms with Gasteiger partial charge in [0.2, 0.25) is 0 Å². The minimum absolute atomic E-state index is 0.0718. The highest BCUT2D eigenvalue weighted by Crippen LogP contribution is 2.47. The highest BCUT2D eigenvalue weighted by Gasteiger charge is 2.48. The van der Waals surface area contributed by atoms with Crippen molar-refractivity contribution in [2.75, 3.05) is 17.2 Å². The van der Waals surface area contributed by atoms with Crippen LogP contribution in [0.15, 0.2) is 34.8 Å². The summed E-state index contributed by atoms with van der Waals surface area (Å²) >= 11 is 4.63. The van der Waals surface area contributed by atoms with Crippen LogP contribution in [-0.2, 0) is 17.6 Å². The Hall–Kier alpha value is -2.86. The Kier molecular flexibility index (Phi) is 7.29. The molecule has 0 bridgehead atoms. The number of nitrogens with one attached hydrogen (secondary N) is 2. The van der Waals surface area contributed by atoms with Crippen LogP contribution in [0.1, 0.15) is 75.6 Å². The summed E-state index contributed by atoms with van der Waals surface area (Å²) in [5.41, 5.74) is 1.69. The molecular weight excluding hydrogens is 585 g/mol.